The van der Waals surface area contributed by atoms with E-state index in [2.05, 4.69) is 131 Å². The van der Waals surface area contributed by atoms with Gasteiger partial charge in [0.1, 0.15) is 0 Å². The molecule has 24 bridgehead atoms. The number of halogens is 3. The molecule has 0 fully saturated rings. The molecule has 9 aromatic heterocycles. The summed E-state index contributed by atoms with van der Waals surface area (Å²) in [5, 5.41) is 68.5. The summed E-state index contributed by atoms with van der Waals surface area (Å²) >= 11 is 0. The maximum Gasteiger partial charge on any atom is 3.00 e. The van der Waals surface area contributed by atoms with E-state index in [0.29, 0.717) is 17.1 Å². The molecule has 9 aromatic rings. The SMILES string of the molecule is CCC1=C(C)c2cc3[nH]c(cc4nc(cc5[nH]c(cc1n2)c(C)c5CCC(=O)[O-])C(CCC(=O)[O-])=C4C)c(C)c3CC.CCC1=C(C)c2cc3[nH]c(cc4nc(cc5[nH]c(cc1n2)c(C)c5CCC(=O)[O-])C(CCC(=O)[O-])=C4C)c(C)c3CC.CCC1=C(C)c2cc3[nH]c(cc4nc(cc5[nH]c(cc1n2)c(C)c5CCC(=O)[O-])C(CCC(=O)[O-])=C4C)c(C)c3CC.C[NH-].C[NH-].C[NH-].[Cl-].[Cl-].[Cl-].[In+3].[In+3].[In+3].[In+3]. The summed E-state index contributed by atoms with van der Waals surface area (Å²) in [6.45, 7) is 37.2. The van der Waals surface area contributed by atoms with Crippen LogP contribution in [0.2, 0.25) is 0 Å². The first-order valence-corrected chi connectivity index (χ1v) is 45.2. The number of hydrogen-bond acceptors (Lipinski definition) is 18. The molecule has 34 heteroatoms. The van der Waals surface area contributed by atoms with Crippen LogP contribution in [0.15, 0.2) is 72.8 Å². The second-order valence-electron chi connectivity index (χ2n) is 33.3. The number of carbonyl (C=O) groups is 6. The van der Waals surface area contributed by atoms with Crippen molar-refractivity contribution >= 4 is 272 Å². The van der Waals surface area contributed by atoms with Crippen LogP contribution in [0.25, 0.3) is 150 Å². The summed E-state index contributed by atoms with van der Waals surface area (Å²) in [4.78, 5) is 120. The first-order valence-electron chi connectivity index (χ1n) is 45.2. The first kappa shape index (κ1) is 124. The predicted molar refractivity (Wildman–Crippen MR) is 542 cm³/mol. The van der Waals surface area contributed by atoms with Gasteiger partial charge in [-0.2, -0.15) is 21.1 Å². The molecule has 9 N–H and O–H groups in total. The van der Waals surface area contributed by atoms with E-state index in [-0.39, 0.29) is 218 Å². The molecule has 6 aliphatic rings. The molecule has 139 heavy (non-hydrogen) atoms. The van der Waals surface area contributed by atoms with Crippen molar-refractivity contribution in [2.24, 2.45) is 0 Å². The molecule has 15 rings (SSSR count). The van der Waals surface area contributed by atoms with Crippen molar-refractivity contribution < 1.29 is 96.6 Å². The average Bonchev–Trinajstić information content (AvgIpc) is 1.62. The number of aromatic amines is 6. The van der Waals surface area contributed by atoms with Gasteiger partial charge in [-0.1, -0.05) is 41.5 Å². The number of fused-ring (bicyclic) bond motifs is 24. The van der Waals surface area contributed by atoms with Gasteiger partial charge >= 0.3 is 103 Å². The molecule has 0 atom stereocenters. The van der Waals surface area contributed by atoms with Crippen LogP contribution in [0.3, 0.4) is 0 Å². The summed E-state index contributed by atoms with van der Waals surface area (Å²) < 4.78 is 0. The van der Waals surface area contributed by atoms with Crippen molar-refractivity contribution in [3.05, 3.63) is 225 Å². The van der Waals surface area contributed by atoms with Crippen LogP contribution < -0.4 is 67.9 Å². The standard InChI is InChI=1S/3C34H38N4O4.3CH4N.3ClH.4In/c3*1-7-21-17(3)25-13-26-19(5)23(9-11-33(39)40)31(37-26)16-32-24(10-12-34(41)42)20(6)28(38-32)15-30-22(8-2)18(4)27(36-30)14-29(21)35-25;3*1-2;;;;;;;/h3*13-16,35,38H,7-12H2,1-6H3,(H,39,40)(H,41,42);3*2H,1H3;3*1H;;;;/q;;;3*-1;;;;4*+3/p-9. The molecule has 15 heterocycles. The number of nitrogens with zero attached hydrogens (tertiary/aromatic N) is 6. The maximum absolute atomic E-state index is 11.4. The number of allylic oxidation sites excluding steroid dienone is 12. The van der Waals surface area contributed by atoms with Crippen molar-refractivity contribution in [1.82, 2.24) is 59.8 Å². The van der Waals surface area contributed by atoms with Gasteiger partial charge in [0.2, 0.25) is 0 Å². The largest absolute Gasteiger partial charge is 3.00 e. The molecule has 0 radical (unpaired) electrons. The van der Waals surface area contributed by atoms with Gasteiger partial charge in [-0.05, 0) is 405 Å². The number of nitrogens with one attached hydrogen (secondary N) is 9. The van der Waals surface area contributed by atoms with Crippen LogP contribution in [0.1, 0.15) is 295 Å². The summed E-state index contributed by atoms with van der Waals surface area (Å²) in [6, 6.07) is 24.3. The number of rotatable bonds is 24. The minimum atomic E-state index is -1.12. The van der Waals surface area contributed by atoms with Gasteiger partial charge in [-0.25, -0.2) is 29.9 Å². The number of aliphatic carboxylic acids is 6. The van der Waals surface area contributed by atoms with Crippen LogP contribution in [-0.2, 0) is 67.3 Å². The Balaban J connectivity index is 0.000000509. The zero-order valence-corrected chi connectivity index (χ0v) is 98.6. The Hall–Kier alpha value is -9.15. The molecular formula is C105H120Cl3In4N15O12. The molecule has 27 nitrogen and oxygen atoms in total. The van der Waals surface area contributed by atoms with Crippen LogP contribution in [0, 0.1) is 41.5 Å². The summed E-state index contributed by atoms with van der Waals surface area (Å²) in [5.41, 5.74) is 62.0. The van der Waals surface area contributed by atoms with Gasteiger partial charge in [0, 0.05) is 102 Å². The van der Waals surface area contributed by atoms with Gasteiger partial charge in [0.15, 0.2) is 0 Å². The quantitative estimate of drug-likeness (QED) is 0.0379. The second-order valence-corrected chi connectivity index (χ2v) is 33.3. The van der Waals surface area contributed by atoms with E-state index >= 15 is 0 Å². The zero-order chi connectivity index (χ0) is 96.9. The third kappa shape index (κ3) is 27.8. The minimum absolute atomic E-state index is 0. The summed E-state index contributed by atoms with van der Waals surface area (Å²) in [7, 11) is 3.75. The fourth-order valence-electron chi connectivity index (χ4n) is 18.6. The number of carboxylic acids is 6. The van der Waals surface area contributed by atoms with E-state index < -0.39 is 35.8 Å². The van der Waals surface area contributed by atoms with E-state index in [9.17, 15) is 59.4 Å². The molecule has 0 aliphatic carbocycles. The molecule has 0 saturated heterocycles. The van der Waals surface area contributed by atoms with Crippen molar-refractivity contribution in [3.63, 3.8) is 0 Å². The van der Waals surface area contributed by atoms with E-state index in [1.54, 1.807) is 0 Å². The second kappa shape index (κ2) is 55.5. The Kier molecular flexibility index (Phi) is 49.5. The van der Waals surface area contributed by atoms with Gasteiger partial charge in [0.25, 0.3) is 0 Å². The van der Waals surface area contributed by atoms with E-state index in [0.717, 1.165) is 273 Å². The topological polar surface area (TPSA) is 484 Å². The van der Waals surface area contributed by atoms with E-state index in [1.165, 1.54) is 37.8 Å². The van der Waals surface area contributed by atoms with Gasteiger partial charge in [-0.15, -0.1) is 0 Å². The maximum atomic E-state index is 11.4. The van der Waals surface area contributed by atoms with Crippen LogP contribution in [0.4, 0.5) is 0 Å². The van der Waals surface area contributed by atoms with Gasteiger partial charge in [-0.3, -0.25) is 0 Å². The van der Waals surface area contributed by atoms with Crippen LogP contribution in [0.5, 0.6) is 0 Å². The van der Waals surface area contributed by atoms with Crippen molar-refractivity contribution in [2.45, 2.75) is 240 Å². The normalized spacial score (nSPS) is 12.2. The average molecular weight is 2350 g/mol. The smallest absolute Gasteiger partial charge is 1.00 e. The van der Waals surface area contributed by atoms with E-state index in [4.69, 9.17) is 47.1 Å². The third-order valence-corrected chi connectivity index (χ3v) is 26.0. The molecule has 0 saturated carbocycles. The molecular weight excluding hydrogens is 2230 g/mol. The number of carbonyl (C=O) groups excluding carboxylic acids is 6. The monoisotopic (exact) mass is 2350 g/mol. The Morgan fingerprint density at radius 3 is 0.525 bits per heavy atom. The molecule has 0 aromatic carbocycles. The third-order valence-electron chi connectivity index (χ3n) is 26.0. The Bertz CT molecular complexity index is 6260. The van der Waals surface area contributed by atoms with Crippen LogP contribution in [-0.4, -0.2) is 220 Å². The molecule has 0 spiro atoms. The minimum Gasteiger partial charge on any atom is -1.00 e. The number of hydrogen-bond donors (Lipinski definition) is 6. The predicted octanol–water partition coefficient (Wildman–Crippen LogP) is 6.43. The number of carboxylic acid groups (broad SMARTS) is 6. The molecule has 0 unspecified atom stereocenters. The number of H-pyrrole nitrogens is 6. The Morgan fingerprint density at radius 1 is 0.216 bits per heavy atom. The molecule has 720 valence electrons. The van der Waals surface area contributed by atoms with Crippen molar-refractivity contribution in [2.75, 3.05) is 21.1 Å². The van der Waals surface area contributed by atoms with E-state index in [1.807, 2.05) is 96.1 Å². The fourth-order valence-corrected chi connectivity index (χ4v) is 18.6. The summed E-state index contributed by atoms with van der Waals surface area (Å²) in [5.74, 6) is -6.72. The molecule has 6 aliphatic heterocycles. The zero-order valence-electron chi connectivity index (χ0n) is 83.2. The van der Waals surface area contributed by atoms with Crippen molar-refractivity contribution in [1.29, 1.82) is 0 Å². The van der Waals surface area contributed by atoms with Crippen molar-refractivity contribution in [3.8, 4) is 0 Å². The van der Waals surface area contributed by atoms with Gasteiger partial charge < -0.3 is 144 Å². The Morgan fingerprint density at radius 2 is 0.353 bits per heavy atom. The number of aromatic nitrogens is 12. The van der Waals surface area contributed by atoms with Gasteiger partial charge in [0.05, 0.1) is 68.3 Å². The fraction of sp³-hybridized carbons (Fsp3) is 0.371. The Labute approximate surface area is 906 Å². The number of aryl methyl sites for hydroxylation is 12. The molecule has 0 amide bonds. The first-order chi connectivity index (χ1) is 63.0. The van der Waals surface area contributed by atoms with Crippen LogP contribution >= 0.6 is 0 Å². The summed E-state index contributed by atoms with van der Waals surface area (Å²) in [6.07, 6.45) is 5.94.